The number of halogens is 1. The molecule has 80 valence electrons. The van der Waals surface area contributed by atoms with Gasteiger partial charge in [-0.05, 0) is 31.0 Å². The maximum atomic E-state index is 11.6. The number of aryl methyl sites for hydroxylation is 1. The molecule has 1 aromatic rings. The van der Waals surface area contributed by atoms with Crippen LogP contribution in [0.25, 0.3) is 0 Å². The van der Waals surface area contributed by atoms with E-state index in [0.29, 0.717) is 22.6 Å². The van der Waals surface area contributed by atoms with Crippen molar-refractivity contribution in [2.24, 2.45) is 0 Å². The van der Waals surface area contributed by atoms with E-state index in [1.54, 1.807) is 19.9 Å². The average molecular weight is 227 g/mol. The topological polar surface area (TPSA) is 46.5 Å². The highest BCUT2D eigenvalue weighted by atomic mass is 35.5. The summed E-state index contributed by atoms with van der Waals surface area (Å²) in [4.78, 5) is 11.6. The van der Waals surface area contributed by atoms with E-state index in [-0.39, 0.29) is 17.4 Å². The van der Waals surface area contributed by atoms with Gasteiger partial charge in [-0.25, -0.2) is 4.79 Å². The number of aromatic hydroxyl groups is 1. The molecule has 0 spiro atoms. The molecule has 1 aromatic carbocycles. The Morgan fingerprint density at radius 2 is 2.27 bits per heavy atom. The summed E-state index contributed by atoms with van der Waals surface area (Å²) < 4.78 is 5.05. The Kier molecular flexibility index (Phi) is 2.35. The van der Waals surface area contributed by atoms with Gasteiger partial charge in [0.1, 0.15) is 17.4 Å². The van der Waals surface area contributed by atoms with Gasteiger partial charge in [0, 0.05) is 11.4 Å². The fraction of sp³-hybridized carbons (Fsp3) is 0.364. The van der Waals surface area contributed by atoms with Crippen molar-refractivity contribution in [2.75, 3.05) is 0 Å². The summed E-state index contributed by atoms with van der Waals surface area (Å²) in [7, 11) is 0. The lowest BCUT2D eigenvalue weighted by Gasteiger charge is -2.23. The van der Waals surface area contributed by atoms with Crippen molar-refractivity contribution in [1.82, 2.24) is 0 Å². The van der Waals surface area contributed by atoms with E-state index in [2.05, 4.69) is 0 Å². The van der Waals surface area contributed by atoms with Gasteiger partial charge in [0.25, 0.3) is 0 Å². The lowest BCUT2D eigenvalue weighted by atomic mass is 9.96. The van der Waals surface area contributed by atoms with E-state index in [1.807, 2.05) is 0 Å². The minimum Gasteiger partial charge on any atom is -0.507 e. The van der Waals surface area contributed by atoms with Crippen LogP contribution < -0.4 is 0 Å². The molecular formula is C11H11ClO3. The van der Waals surface area contributed by atoms with Crippen molar-refractivity contribution >= 4 is 17.6 Å². The van der Waals surface area contributed by atoms with E-state index in [1.165, 1.54) is 0 Å². The van der Waals surface area contributed by atoms with Crippen molar-refractivity contribution in [1.29, 1.82) is 0 Å². The van der Waals surface area contributed by atoms with Crippen LogP contribution in [-0.2, 0) is 11.2 Å². The molecule has 0 bridgehead atoms. The van der Waals surface area contributed by atoms with Crippen molar-refractivity contribution in [3.63, 3.8) is 0 Å². The minimum atomic E-state index is -0.494. The second kappa shape index (κ2) is 3.42. The summed E-state index contributed by atoms with van der Waals surface area (Å²) in [5, 5.41) is 10.3. The summed E-state index contributed by atoms with van der Waals surface area (Å²) in [6.45, 7) is 3.50. The second-order valence-corrected chi connectivity index (χ2v) is 4.20. The van der Waals surface area contributed by atoms with Crippen molar-refractivity contribution in [3.05, 3.63) is 27.8 Å². The lowest BCUT2D eigenvalue weighted by Crippen LogP contribution is -2.25. The Labute approximate surface area is 92.6 Å². The third-order valence-electron chi connectivity index (χ3n) is 2.55. The highest BCUT2D eigenvalue weighted by Crippen LogP contribution is 2.35. The molecule has 15 heavy (non-hydrogen) atoms. The van der Waals surface area contributed by atoms with Crippen LogP contribution in [-0.4, -0.2) is 17.2 Å². The Morgan fingerprint density at radius 1 is 1.60 bits per heavy atom. The molecule has 1 aliphatic heterocycles. The van der Waals surface area contributed by atoms with E-state index in [9.17, 15) is 9.90 Å². The summed E-state index contributed by atoms with van der Waals surface area (Å²) in [6.07, 6.45) is 0.359. The molecule has 0 aromatic heterocycles. The zero-order chi connectivity index (χ0) is 11.2. The number of carbonyl (C=O) groups is 1. The number of ether oxygens (including phenoxy) is 1. The van der Waals surface area contributed by atoms with Crippen LogP contribution in [0.3, 0.4) is 0 Å². The van der Waals surface area contributed by atoms with Gasteiger partial charge in [0.05, 0.1) is 0 Å². The van der Waals surface area contributed by atoms with E-state index in [0.717, 1.165) is 0 Å². The predicted octanol–water partition coefficient (Wildman–Crippen LogP) is 2.46. The van der Waals surface area contributed by atoms with Gasteiger partial charge in [-0.1, -0.05) is 11.6 Å². The summed E-state index contributed by atoms with van der Waals surface area (Å²) in [5.41, 5.74) is 1.49. The third-order valence-corrected chi connectivity index (χ3v) is 2.88. The predicted molar refractivity (Wildman–Crippen MR) is 56.4 cm³/mol. The highest BCUT2D eigenvalue weighted by molar-refractivity contribution is 6.32. The van der Waals surface area contributed by atoms with Gasteiger partial charge in [0.2, 0.25) is 0 Å². The van der Waals surface area contributed by atoms with Crippen LogP contribution in [0.1, 0.15) is 28.4 Å². The highest BCUT2D eigenvalue weighted by Gasteiger charge is 2.29. The van der Waals surface area contributed by atoms with Gasteiger partial charge in [0.15, 0.2) is 0 Å². The average Bonchev–Trinajstić information content (AvgIpc) is 2.13. The lowest BCUT2D eigenvalue weighted by molar-refractivity contribution is 0.0297. The first-order valence-corrected chi connectivity index (χ1v) is 5.10. The number of benzene rings is 1. The minimum absolute atomic E-state index is 0.0219. The zero-order valence-corrected chi connectivity index (χ0v) is 9.26. The number of hydrogen-bond donors (Lipinski definition) is 1. The van der Waals surface area contributed by atoms with Crippen molar-refractivity contribution in [2.45, 2.75) is 26.4 Å². The van der Waals surface area contributed by atoms with Crippen molar-refractivity contribution < 1.29 is 14.6 Å². The Bertz CT molecular complexity index is 440. The van der Waals surface area contributed by atoms with Gasteiger partial charge in [-0.3, -0.25) is 0 Å². The van der Waals surface area contributed by atoms with Crippen LogP contribution in [0.4, 0.5) is 0 Å². The summed E-state index contributed by atoms with van der Waals surface area (Å²) in [6, 6.07) is 1.67. The Morgan fingerprint density at radius 3 is 2.93 bits per heavy atom. The van der Waals surface area contributed by atoms with Crippen LogP contribution in [0.2, 0.25) is 5.02 Å². The maximum absolute atomic E-state index is 11.6. The number of phenolic OH excluding ortho intramolecular Hbond substituents is 1. The normalized spacial score (nSPS) is 19.7. The molecule has 0 saturated heterocycles. The second-order valence-electron chi connectivity index (χ2n) is 3.80. The number of phenols is 1. The molecule has 2 rings (SSSR count). The number of cyclic esters (lactones) is 1. The number of carbonyl (C=O) groups excluding carboxylic acids is 1. The Hall–Kier alpha value is -1.22. The molecule has 1 aliphatic rings. The SMILES string of the molecule is Cc1cc(Cl)c2c(c1O)C(=O)OC(C)C2. The molecule has 4 heteroatoms. The molecule has 0 radical (unpaired) electrons. The van der Waals surface area contributed by atoms with Crippen LogP contribution in [0, 0.1) is 6.92 Å². The van der Waals surface area contributed by atoms with Crippen LogP contribution in [0.5, 0.6) is 5.75 Å². The van der Waals surface area contributed by atoms with E-state index >= 15 is 0 Å². The van der Waals surface area contributed by atoms with Crippen LogP contribution >= 0.6 is 11.6 Å². The fourth-order valence-electron chi connectivity index (χ4n) is 1.80. The van der Waals surface area contributed by atoms with Crippen molar-refractivity contribution in [3.8, 4) is 5.75 Å². The monoisotopic (exact) mass is 226 g/mol. The van der Waals surface area contributed by atoms with E-state index < -0.39 is 5.97 Å². The first kappa shape index (κ1) is 10.3. The number of esters is 1. The smallest absolute Gasteiger partial charge is 0.342 e. The molecule has 1 N–H and O–H groups in total. The Balaban J connectivity index is 2.69. The quantitative estimate of drug-likeness (QED) is 0.692. The summed E-state index contributed by atoms with van der Waals surface area (Å²) in [5.74, 6) is -0.516. The molecule has 0 fully saturated rings. The fourth-order valence-corrected chi connectivity index (χ4v) is 2.13. The molecule has 0 aliphatic carbocycles. The van der Waals surface area contributed by atoms with Gasteiger partial charge in [-0.2, -0.15) is 0 Å². The molecular weight excluding hydrogens is 216 g/mol. The third kappa shape index (κ3) is 1.57. The molecule has 1 unspecified atom stereocenters. The molecule has 0 saturated carbocycles. The molecule has 3 nitrogen and oxygen atoms in total. The van der Waals surface area contributed by atoms with Crippen LogP contribution in [0.15, 0.2) is 6.07 Å². The molecule has 1 atom stereocenters. The first-order valence-electron chi connectivity index (χ1n) is 4.72. The van der Waals surface area contributed by atoms with Gasteiger partial charge >= 0.3 is 5.97 Å². The van der Waals surface area contributed by atoms with Gasteiger partial charge in [-0.15, -0.1) is 0 Å². The first-order chi connectivity index (χ1) is 7.00. The van der Waals surface area contributed by atoms with E-state index in [4.69, 9.17) is 16.3 Å². The van der Waals surface area contributed by atoms with Gasteiger partial charge < -0.3 is 9.84 Å². The molecule has 1 heterocycles. The number of rotatable bonds is 0. The number of fused-ring (bicyclic) bond motifs is 1. The zero-order valence-electron chi connectivity index (χ0n) is 8.50. The largest absolute Gasteiger partial charge is 0.507 e. The number of hydrogen-bond acceptors (Lipinski definition) is 3. The standard InChI is InChI=1S/C11H11ClO3/c1-5-3-8(12)7-4-6(2)15-11(14)9(7)10(5)13/h3,6,13H,4H2,1-2H3. The summed E-state index contributed by atoms with van der Waals surface area (Å²) >= 11 is 6.03. The maximum Gasteiger partial charge on any atom is 0.342 e. The molecule has 0 amide bonds.